The van der Waals surface area contributed by atoms with E-state index in [4.69, 9.17) is 4.74 Å². The molecule has 1 unspecified atom stereocenters. The predicted molar refractivity (Wildman–Crippen MR) is 75.3 cm³/mol. The van der Waals surface area contributed by atoms with Crippen LogP contribution in [0.3, 0.4) is 0 Å². The highest BCUT2D eigenvalue weighted by molar-refractivity contribution is 5.94. The van der Waals surface area contributed by atoms with Gasteiger partial charge in [0.1, 0.15) is 5.82 Å². The molecule has 1 aromatic rings. The lowest BCUT2D eigenvalue weighted by Crippen LogP contribution is -2.34. The molecule has 114 valence electrons. The van der Waals surface area contributed by atoms with Gasteiger partial charge < -0.3 is 15.4 Å². The van der Waals surface area contributed by atoms with Crippen molar-refractivity contribution in [3.63, 3.8) is 0 Å². The summed E-state index contributed by atoms with van der Waals surface area (Å²) in [7, 11) is 0. The van der Waals surface area contributed by atoms with Crippen LogP contribution in [0.25, 0.3) is 0 Å². The molecule has 1 atom stereocenters. The number of hydrogen-bond acceptors (Lipinski definition) is 3. The average Bonchev–Trinajstić information content (AvgIpc) is 2.99. The largest absolute Gasteiger partial charge is 0.376 e. The zero-order chi connectivity index (χ0) is 15.1. The Morgan fingerprint density at radius 2 is 2.10 bits per heavy atom. The molecule has 1 aromatic carbocycles. The van der Waals surface area contributed by atoms with Crippen LogP contribution in [0.15, 0.2) is 24.3 Å². The van der Waals surface area contributed by atoms with Gasteiger partial charge in [-0.15, -0.1) is 0 Å². The lowest BCUT2D eigenvalue weighted by Gasteiger charge is -2.11. The quantitative estimate of drug-likeness (QED) is 0.829. The third-order valence-corrected chi connectivity index (χ3v) is 3.31. The van der Waals surface area contributed by atoms with Gasteiger partial charge in [0, 0.05) is 26.1 Å². The van der Waals surface area contributed by atoms with Crippen molar-refractivity contribution in [1.29, 1.82) is 0 Å². The molecule has 0 aliphatic carbocycles. The first-order chi connectivity index (χ1) is 10.2. The first-order valence-electron chi connectivity index (χ1n) is 7.08. The number of carbonyl (C=O) groups excluding carboxylic acids is 2. The molecule has 0 aromatic heterocycles. The van der Waals surface area contributed by atoms with Crippen LogP contribution in [0, 0.1) is 5.82 Å². The monoisotopic (exact) mass is 294 g/mol. The minimum absolute atomic E-state index is 0.0164. The molecule has 1 saturated heterocycles. The highest BCUT2D eigenvalue weighted by Crippen LogP contribution is 2.10. The Hall–Kier alpha value is -1.95. The van der Waals surface area contributed by atoms with E-state index in [2.05, 4.69) is 10.6 Å². The molecule has 0 bridgehead atoms. The highest BCUT2D eigenvalue weighted by atomic mass is 19.1. The van der Waals surface area contributed by atoms with E-state index >= 15 is 0 Å². The van der Waals surface area contributed by atoms with E-state index < -0.39 is 11.7 Å². The molecule has 2 N–H and O–H groups in total. The van der Waals surface area contributed by atoms with Crippen molar-refractivity contribution in [3.8, 4) is 0 Å². The fourth-order valence-corrected chi connectivity index (χ4v) is 2.15. The van der Waals surface area contributed by atoms with E-state index in [1.54, 1.807) is 6.07 Å². The topological polar surface area (TPSA) is 67.4 Å². The minimum atomic E-state index is -0.571. The fraction of sp³-hybridized carbons (Fsp3) is 0.467. The Labute approximate surface area is 122 Å². The van der Waals surface area contributed by atoms with E-state index in [1.165, 1.54) is 18.2 Å². The maximum absolute atomic E-state index is 13.4. The number of benzene rings is 1. The zero-order valence-corrected chi connectivity index (χ0v) is 11.7. The molecule has 2 rings (SSSR count). The molecule has 1 heterocycles. The summed E-state index contributed by atoms with van der Waals surface area (Å²) < 4.78 is 18.8. The van der Waals surface area contributed by atoms with Crippen LogP contribution >= 0.6 is 0 Å². The van der Waals surface area contributed by atoms with Gasteiger partial charge in [0.15, 0.2) is 0 Å². The summed E-state index contributed by atoms with van der Waals surface area (Å²) in [6.45, 7) is 1.42. The molecule has 21 heavy (non-hydrogen) atoms. The molecule has 0 radical (unpaired) electrons. The van der Waals surface area contributed by atoms with Crippen molar-refractivity contribution < 1.29 is 18.7 Å². The van der Waals surface area contributed by atoms with Crippen LogP contribution < -0.4 is 10.6 Å². The van der Waals surface area contributed by atoms with E-state index in [1.807, 2.05) is 0 Å². The number of carbonyl (C=O) groups is 2. The molecule has 2 amide bonds. The van der Waals surface area contributed by atoms with Gasteiger partial charge in [0.25, 0.3) is 5.91 Å². The lowest BCUT2D eigenvalue weighted by atomic mass is 10.2. The Morgan fingerprint density at radius 3 is 2.81 bits per heavy atom. The van der Waals surface area contributed by atoms with E-state index in [9.17, 15) is 14.0 Å². The second-order valence-electron chi connectivity index (χ2n) is 4.92. The normalized spacial score (nSPS) is 17.5. The summed E-state index contributed by atoms with van der Waals surface area (Å²) in [5.41, 5.74) is -0.0164. The van der Waals surface area contributed by atoms with Crippen molar-refractivity contribution in [2.24, 2.45) is 0 Å². The zero-order valence-electron chi connectivity index (χ0n) is 11.7. The maximum atomic E-state index is 13.4. The summed E-state index contributed by atoms with van der Waals surface area (Å²) in [6, 6.07) is 5.74. The van der Waals surface area contributed by atoms with Crippen molar-refractivity contribution in [3.05, 3.63) is 35.6 Å². The Balaban J connectivity index is 1.65. The first kappa shape index (κ1) is 15.4. The van der Waals surface area contributed by atoms with E-state index in [0.29, 0.717) is 6.54 Å². The smallest absolute Gasteiger partial charge is 0.254 e. The van der Waals surface area contributed by atoms with Crippen LogP contribution in [0.2, 0.25) is 0 Å². The van der Waals surface area contributed by atoms with Crippen LogP contribution in [-0.2, 0) is 9.53 Å². The number of halogens is 1. The third kappa shape index (κ3) is 4.82. The SMILES string of the molecule is O=C(CCNC(=O)c1ccccc1F)NCC1CCCO1. The summed E-state index contributed by atoms with van der Waals surface area (Å²) in [5, 5.41) is 5.29. The number of rotatable bonds is 6. The standard InChI is InChI=1S/C15H19FN2O3/c16-13-6-2-1-5-12(13)15(20)17-8-7-14(19)18-10-11-4-3-9-21-11/h1-2,5-6,11H,3-4,7-10H2,(H,17,20)(H,18,19). The molecular formula is C15H19FN2O3. The first-order valence-corrected chi connectivity index (χ1v) is 7.08. The van der Waals surface area contributed by atoms with Gasteiger partial charge in [0.2, 0.25) is 5.91 Å². The van der Waals surface area contributed by atoms with Crippen LogP contribution in [0.5, 0.6) is 0 Å². The van der Waals surface area contributed by atoms with E-state index in [-0.39, 0.29) is 30.5 Å². The molecule has 0 saturated carbocycles. The number of amides is 2. The lowest BCUT2D eigenvalue weighted by molar-refractivity contribution is -0.121. The average molecular weight is 294 g/mol. The van der Waals surface area contributed by atoms with Gasteiger partial charge in [-0.2, -0.15) is 0 Å². The third-order valence-electron chi connectivity index (χ3n) is 3.31. The Kier molecular flexibility index (Phi) is 5.68. The van der Waals surface area contributed by atoms with Crippen molar-refractivity contribution in [1.82, 2.24) is 10.6 Å². The van der Waals surface area contributed by atoms with Gasteiger partial charge in [-0.25, -0.2) is 4.39 Å². The van der Waals surface area contributed by atoms with Crippen molar-refractivity contribution >= 4 is 11.8 Å². The van der Waals surface area contributed by atoms with Crippen LogP contribution in [0.4, 0.5) is 4.39 Å². The fourth-order valence-electron chi connectivity index (χ4n) is 2.15. The summed E-state index contributed by atoms with van der Waals surface area (Å²) in [4.78, 5) is 23.3. The molecule has 1 aliphatic rings. The summed E-state index contributed by atoms with van der Waals surface area (Å²) >= 11 is 0. The summed E-state index contributed by atoms with van der Waals surface area (Å²) in [5.74, 6) is -1.24. The molecular weight excluding hydrogens is 275 g/mol. The van der Waals surface area contributed by atoms with Gasteiger partial charge in [0.05, 0.1) is 11.7 Å². The van der Waals surface area contributed by atoms with Crippen molar-refractivity contribution in [2.45, 2.75) is 25.4 Å². The second-order valence-corrected chi connectivity index (χ2v) is 4.92. The predicted octanol–water partition coefficient (Wildman–Crippen LogP) is 1.24. The number of nitrogens with one attached hydrogen (secondary N) is 2. The van der Waals surface area contributed by atoms with Gasteiger partial charge in [-0.1, -0.05) is 12.1 Å². The number of hydrogen-bond donors (Lipinski definition) is 2. The molecule has 5 nitrogen and oxygen atoms in total. The summed E-state index contributed by atoms with van der Waals surface area (Å²) in [6.07, 6.45) is 2.25. The van der Waals surface area contributed by atoms with E-state index in [0.717, 1.165) is 19.4 Å². The van der Waals surface area contributed by atoms with Crippen LogP contribution in [0.1, 0.15) is 29.6 Å². The molecule has 1 aliphatic heterocycles. The second kappa shape index (κ2) is 7.73. The molecule has 6 heteroatoms. The molecule has 0 spiro atoms. The highest BCUT2D eigenvalue weighted by Gasteiger charge is 2.16. The van der Waals surface area contributed by atoms with Gasteiger partial charge in [-0.05, 0) is 25.0 Å². The Morgan fingerprint density at radius 1 is 1.29 bits per heavy atom. The minimum Gasteiger partial charge on any atom is -0.376 e. The van der Waals surface area contributed by atoms with Crippen molar-refractivity contribution in [2.75, 3.05) is 19.7 Å². The maximum Gasteiger partial charge on any atom is 0.254 e. The molecule has 1 fully saturated rings. The number of ether oxygens (including phenoxy) is 1. The van der Waals surface area contributed by atoms with Gasteiger partial charge >= 0.3 is 0 Å². The van der Waals surface area contributed by atoms with Crippen LogP contribution in [-0.4, -0.2) is 37.6 Å². The van der Waals surface area contributed by atoms with Gasteiger partial charge in [-0.3, -0.25) is 9.59 Å². The Bertz CT molecular complexity index is 501.